The van der Waals surface area contributed by atoms with Gasteiger partial charge in [0.05, 0.1) is 0 Å². The van der Waals surface area contributed by atoms with Crippen molar-refractivity contribution in [3.8, 4) is 0 Å². The third kappa shape index (κ3) is 2.91. The molecule has 1 N–H and O–H groups in total. The first kappa shape index (κ1) is 15.9. The second-order valence-corrected chi connectivity index (χ2v) is 7.53. The highest BCUT2D eigenvalue weighted by atomic mass is 35.5. The highest BCUT2D eigenvalue weighted by Crippen LogP contribution is 2.50. The summed E-state index contributed by atoms with van der Waals surface area (Å²) in [4.78, 5) is 4.37. The summed E-state index contributed by atoms with van der Waals surface area (Å²) in [7, 11) is 4.11. The van der Waals surface area contributed by atoms with E-state index in [0.29, 0.717) is 11.4 Å². The monoisotopic (exact) mass is 333 g/mol. The van der Waals surface area contributed by atoms with Crippen molar-refractivity contribution >= 4 is 23.4 Å². The molecule has 1 aliphatic heterocycles. The first-order valence-electron chi connectivity index (χ1n) is 7.45. The summed E-state index contributed by atoms with van der Waals surface area (Å²) < 4.78 is 0. The standard InChI is InChI=1S/C18H20ClNOS/c1-20(2)11-5-10-18(21)14-6-3-4-7-16(14)22-17-9-8-13(19)12-15(17)18/h3-4,6-9,12,21H,5,10-11H2,1-2H3/t18-/m1/s1. The molecule has 116 valence electrons. The summed E-state index contributed by atoms with van der Waals surface area (Å²) in [5.41, 5.74) is 0.967. The normalized spacial score (nSPS) is 19.9. The molecule has 2 aromatic rings. The van der Waals surface area contributed by atoms with Gasteiger partial charge in [-0.25, -0.2) is 0 Å². The van der Waals surface area contributed by atoms with Gasteiger partial charge in [0.1, 0.15) is 5.60 Å². The smallest absolute Gasteiger partial charge is 0.117 e. The van der Waals surface area contributed by atoms with E-state index in [1.54, 1.807) is 11.8 Å². The van der Waals surface area contributed by atoms with Crippen LogP contribution in [0.3, 0.4) is 0 Å². The molecule has 3 rings (SSSR count). The van der Waals surface area contributed by atoms with E-state index in [0.717, 1.165) is 33.9 Å². The Kier molecular flexibility index (Phi) is 4.51. The summed E-state index contributed by atoms with van der Waals surface area (Å²) in [6.07, 6.45) is 1.62. The molecule has 1 atom stereocenters. The van der Waals surface area contributed by atoms with Crippen molar-refractivity contribution in [3.63, 3.8) is 0 Å². The Hall–Kier alpha value is -1.00. The second kappa shape index (κ2) is 6.25. The lowest BCUT2D eigenvalue weighted by atomic mass is 9.82. The molecule has 0 unspecified atom stereocenters. The van der Waals surface area contributed by atoms with Gasteiger partial charge in [-0.3, -0.25) is 0 Å². The molecule has 0 fully saturated rings. The van der Waals surface area contributed by atoms with Crippen LogP contribution < -0.4 is 0 Å². The van der Waals surface area contributed by atoms with E-state index >= 15 is 0 Å². The third-order valence-electron chi connectivity index (χ3n) is 4.08. The van der Waals surface area contributed by atoms with Crippen LogP contribution in [0.2, 0.25) is 5.02 Å². The average Bonchev–Trinajstić information content (AvgIpc) is 2.48. The quantitative estimate of drug-likeness (QED) is 0.898. The van der Waals surface area contributed by atoms with E-state index in [1.807, 2.05) is 36.4 Å². The van der Waals surface area contributed by atoms with Crippen molar-refractivity contribution in [2.75, 3.05) is 20.6 Å². The molecule has 0 radical (unpaired) electrons. The molecule has 2 aromatic carbocycles. The van der Waals surface area contributed by atoms with E-state index in [2.05, 4.69) is 25.1 Å². The Balaban J connectivity index is 2.05. The zero-order valence-corrected chi connectivity index (χ0v) is 14.4. The molecule has 0 saturated carbocycles. The SMILES string of the molecule is CN(C)CCC[C@@]1(O)c2ccccc2Sc2ccc(Cl)cc21. The number of nitrogens with zero attached hydrogens (tertiary/aromatic N) is 1. The number of benzene rings is 2. The van der Waals surface area contributed by atoms with Crippen molar-refractivity contribution < 1.29 is 5.11 Å². The van der Waals surface area contributed by atoms with Crippen LogP contribution in [0.1, 0.15) is 24.0 Å². The Morgan fingerprint density at radius 1 is 1.09 bits per heavy atom. The molecule has 1 heterocycles. The van der Waals surface area contributed by atoms with E-state index in [-0.39, 0.29) is 0 Å². The molecule has 1 aliphatic rings. The molecule has 0 saturated heterocycles. The molecule has 0 spiro atoms. The largest absolute Gasteiger partial charge is 0.380 e. The molecule has 0 aromatic heterocycles. The minimum Gasteiger partial charge on any atom is -0.380 e. The molecule has 0 bridgehead atoms. The van der Waals surface area contributed by atoms with Crippen LogP contribution in [-0.2, 0) is 5.60 Å². The molecule has 2 nitrogen and oxygen atoms in total. The minimum atomic E-state index is -0.960. The summed E-state index contributed by atoms with van der Waals surface area (Å²) >= 11 is 7.89. The van der Waals surface area contributed by atoms with Gasteiger partial charge in [-0.15, -0.1) is 0 Å². The Morgan fingerprint density at radius 2 is 1.82 bits per heavy atom. The molecular formula is C18H20ClNOS. The zero-order chi connectivity index (χ0) is 15.7. The van der Waals surface area contributed by atoms with Crippen LogP contribution in [0.4, 0.5) is 0 Å². The van der Waals surface area contributed by atoms with Crippen LogP contribution in [0.15, 0.2) is 52.3 Å². The fourth-order valence-corrected chi connectivity index (χ4v) is 4.37. The third-order valence-corrected chi connectivity index (χ3v) is 5.47. The molecule has 22 heavy (non-hydrogen) atoms. The Morgan fingerprint density at radius 3 is 2.59 bits per heavy atom. The maximum absolute atomic E-state index is 11.5. The predicted octanol–water partition coefficient (Wildman–Crippen LogP) is 4.38. The summed E-state index contributed by atoms with van der Waals surface area (Å²) in [6, 6.07) is 13.9. The van der Waals surface area contributed by atoms with Gasteiger partial charge >= 0.3 is 0 Å². The van der Waals surface area contributed by atoms with Gasteiger partial charge in [0, 0.05) is 25.9 Å². The van der Waals surface area contributed by atoms with Crippen molar-refractivity contribution in [1.82, 2.24) is 4.90 Å². The van der Waals surface area contributed by atoms with Crippen molar-refractivity contribution in [2.24, 2.45) is 0 Å². The maximum atomic E-state index is 11.5. The Bertz CT molecular complexity index is 689. The summed E-state index contributed by atoms with van der Waals surface area (Å²) in [5.74, 6) is 0. The molecule has 4 heteroatoms. The van der Waals surface area contributed by atoms with Gasteiger partial charge in [0.2, 0.25) is 0 Å². The fraction of sp³-hybridized carbons (Fsp3) is 0.333. The number of fused-ring (bicyclic) bond motifs is 2. The summed E-state index contributed by atoms with van der Waals surface area (Å²) in [5, 5.41) is 12.2. The number of halogens is 1. The van der Waals surface area contributed by atoms with Crippen molar-refractivity contribution in [3.05, 3.63) is 58.6 Å². The van der Waals surface area contributed by atoms with Crippen molar-refractivity contribution in [2.45, 2.75) is 28.2 Å². The number of hydrogen-bond acceptors (Lipinski definition) is 3. The topological polar surface area (TPSA) is 23.5 Å². The fourth-order valence-electron chi connectivity index (χ4n) is 3.00. The summed E-state index contributed by atoms with van der Waals surface area (Å²) in [6.45, 7) is 0.952. The molecule has 0 amide bonds. The Labute approximate surface area is 141 Å². The van der Waals surface area contributed by atoms with Gasteiger partial charge < -0.3 is 10.0 Å². The second-order valence-electron chi connectivity index (χ2n) is 6.01. The minimum absolute atomic E-state index is 0.671. The lowest BCUT2D eigenvalue weighted by molar-refractivity contribution is 0.0600. The first-order valence-corrected chi connectivity index (χ1v) is 8.64. The van der Waals surface area contributed by atoms with E-state index in [4.69, 9.17) is 11.6 Å². The number of aliphatic hydroxyl groups is 1. The van der Waals surface area contributed by atoms with Crippen LogP contribution in [-0.4, -0.2) is 30.6 Å². The highest BCUT2D eigenvalue weighted by molar-refractivity contribution is 7.99. The van der Waals surface area contributed by atoms with E-state index in [9.17, 15) is 5.11 Å². The van der Waals surface area contributed by atoms with E-state index in [1.165, 1.54) is 0 Å². The number of hydrogen-bond donors (Lipinski definition) is 1. The van der Waals surface area contributed by atoms with Crippen LogP contribution in [0.25, 0.3) is 0 Å². The van der Waals surface area contributed by atoms with Gasteiger partial charge in [-0.05, 0) is 57.7 Å². The van der Waals surface area contributed by atoms with E-state index < -0.39 is 5.60 Å². The van der Waals surface area contributed by atoms with Crippen LogP contribution in [0.5, 0.6) is 0 Å². The predicted molar refractivity (Wildman–Crippen MR) is 92.8 cm³/mol. The van der Waals surface area contributed by atoms with Gasteiger partial charge in [0.15, 0.2) is 0 Å². The van der Waals surface area contributed by atoms with Gasteiger partial charge in [-0.1, -0.05) is 41.6 Å². The maximum Gasteiger partial charge on any atom is 0.117 e. The van der Waals surface area contributed by atoms with Crippen LogP contribution in [0, 0.1) is 0 Å². The first-order chi connectivity index (χ1) is 10.5. The lowest BCUT2D eigenvalue weighted by Gasteiger charge is -2.36. The lowest BCUT2D eigenvalue weighted by Crippen LogP contribution is -2.32. The average molecular weight is 334 g/mol. The van der Waals surface area contributed by atoms with Crippen LogP contribution >= 0.6 is 23.4 Å². The van der Waals surface area contributed by atoms with Gasteiger partial charge in [0.25, 0.3) is 0 Å². The zero-order valence-electron chi connectivity index (χ0n) is 12.8. The van der Waals surface area contributed by atoms with Crippen molar-refractivity contribution in [1.29, 1.82) is 0 Å². The number of rotatable bonds is 4. The molecule has 0 aliphatic carbocycles. The molecular weight excluding hydrogens is 314 g/mol. The van der Waals surface area contributed by atoms with Gasteiger partial charge in [-0.2, -0.15) is 0 Å². The highest BCUT2D eigenvalue weighted by Gasteiger charge is 2.38.